The molecular formula is C53H41N. The molecule has 0 aliphatic heterocycles. The van der Waals surface area contributed by atoms with Crippen LogP contribution in [0.1, 0.15) is 52.8 Å². The molecule has 0 bridgehead atoms. The maximum atomic E-state index is 2.43. The normalized spacial score (nSPS) is 14.1. The number of rotatable bonds is 6. The summed E-state index contributed by atoms with van der Waals surface area (Å²) in [6.45, 7) is 6.97. The molecule has 2 aliphatic carbocycles. The van der Waals surface area contributed by atoms with E-state index in [0.29, 0.717) is 0 Å². The molecule has 0 radical (unpaired) electrons. The SMILES string of the molecule is Cc1ccccc1C1(c2ccc(N(c3ccc(-c4ccccc4)cc3)c3ccc4c(c3)C(C)(C)c3ccccc3-4)cc2)c2ccccc2-c2ccccc21. The minimum absolute atomic E-state index is 0.0994. The van der Waals surface area contributed by atoms with Gasteiger partial charge in [-0.25, -0.2) is 0 Å². The van der Waals surface area contributed by atoms with Gasteiger partial charge in [0.2, 0.25) is 0 Å². The molecule has 2 aliphatic rings. The van der Waals surface area contributed by atoms with Gasteiger partial charge in [0.05, 0.1) is 5.41 Å². The summed E-state index contributed by atoms with van der Waals surface area (Å²) in [5.74, 6) is 0. The predicted molar refractivity (Wildman–Crippen MR) is 226 cm³/mol. The molecule has 10 rings (SSSR count). The quantitative estimate of drug-likeness (QED) is 0.168. The van der Waals surface area contributed by atoms with Crippen LogP contribution in [0.2, 0.25) is 0 Å². The zero-order chi connectivity index (χ0) is 36.4. The summed E-state index contributed by atoms with van der Waals surface area (Å²) in [4.78, 5) is 2.43. The molecule has 0 aromatic heterocycles. The van der Waals surface area contributed by atoms with E-state index in [1.165, 1.54) is 72.3 Å². The van der Waals surface area contributed by atoms with Crippen molar-refractivity contribution in [3.63, 3.8) is 0 Å². The Kier molecular flexibility index (Phi) is 7.35. The first kappa shape index (κ1) is 32.2. The molecule has 0 amide bonds. The molecule has 0 saturated heterocycles. The second-order valence-corrected chi connectivity index (χ2v) is 15.4. The zero-order valence-corrected chi connectivity index (χ0v) is 30.9. The molecule has 0 saturated carbocycles. The number of aryl methyl sites for hydroxylation is 1. The second-order valence-electron chi connectivity index (χ2n) is 15.4. The van der Waals surface area contributed by atoms with E-state index in [4.69, 9.17) is 0 Å². The summed E-state index contributed by atoms with van der Waals surface area (Å²) in [5.41, 5.74) is 19.9. The Balaban J connectivity index is 1.15. The molecule has 54 heavy (non-hydrogen) atoms. The molecule has 0 fully saturated rings. The molecule has 1 nitrogen and oxygen atoms in total. The van der Waals surface area contributed by atoms with Gasteiger partial charge in [0, 0.05) is 22.5 Å². The smallest absolute Gasteiger partial charge is 0.0716 e. The molecule has 0 unspecified atom stereocenters. The monoisotopic (exact) mass is 691 g/mol. The average Bonchev–Trinajstić information content (AvgIpc) is 3.65. The largest absolute Gasteiger partial charge is 0.310 e. The summed E-state index contributed by atoms with van der Waals surface area (Å²) in [5, 5.41) is 0. The zero-order valence-electron chi connectivity index (χ0n) is 30.9. The van der Waals surface area contributed by atoms with Gasteiger partial charge in [-0.2, -0.15) is 0 Å². The van der Waals surface area contributed by atoms with Gasteiger partial charge in [-0.1, -0.05) is 172 Å². The highest BCUT2D eigenvalue weighted by molar-refractivity contribution is 5.88. The van der Waals surface area contributed by atoms with Crippen LogP contribution in [0.3, 0.4) is 0 Å². The molecule has 8 aromatic carbocycles. The summed E-state index contributed by atoms with van der Waals surface area (Å²) >= 11 is 0. The Bertz CT molecular complexity index is 2640. The van der Waals surface area contributed by atoms with Crippen molar-refractivity contribution in [1.29, 1.82) is 0 Å². The first-order chi connectivity index (χ1) is 26.5. The average molecular weight is 692 g/mol. The molecule has 0 spiro atoms. The minimum Gasteiger partial charge on any atom is -0.310 e. The number of hydrogen-bond donors (Lipinski definition) is 0. The van der Waals surface area contributed by atoms with Crippen molar-refractivity contribution >= 4 is 17.1 Å². The standard InChI is InChI=1S/C53H41N/c1-36-15-7-11-21-47(36)53(49-23-13-9-19-44(49)45-20-10-14-24-50(45)53)39-27-31-41(32-28-39)54(40-29-25-38(26-30-40)37-16-5-4-6-17-37)42-33-34-46-43-18-8-12-22-48(43)52(2,3)51(46)35-42/h4-35H,1-3H3. The molecule has 8 aromatic rings. The Morgan fingerprint density at radius 1 is 0.352 bits per heavy atom. The van der Waals surface area contributed by atoms with Gasteiger partial charge in [0.15, 0.2) is 0 Å². The van der Waals surface area contributed by atoms with Gasteiger partial charge in [0.1, 0.15) is 0 Å². The molecule has 0 atom stereocenters. The summed E-state index contributed by atoms with van der Waals surface area (Å²) in [6, 6.07) is 71.9. The van der Waals surface area contributed by atoms with E-state index in [9.17, 15) is 0 Å². The second kappa shape index (κ2) is 12.3. The number of nitrogens with zero attached hydrogens (tertiary/aromatic N) is 1. The Labute approximate surface area is 318 Å². The lowest BCUT2D eigenvalue weighted by atomic mass is 9.66. The number of hydrogen-bond acceptors (Lipinski definition) is 1. The third-order valence-electron chi connectivity index (χ3n) is 12.1. The Morgan fingerprint density at radius 2 is 0.796 bits per heavy atom. The van der Waals surface area contributed by atoms with Gasteiger partial charge in [-0.3, -0.25) is 0 Å². The van der Waals surface area contributed by atoms with Gasteiger partial charge in [-0.05, 0) is 116 Å². The third kappa shape index (κ3) is 4.71. The number of anilines is 3. The number of fused-ring (bicyclic) bond motifs is 6. The highest BCUT2D eigenvalue weighted by atomic mass is 15.1. The predicted octanol–water partition coefficient (Wildman–Crippen LogP) is 13.8. The summed E-state index contributed by atoms with van der Waals surface area (Å²) in [7, 11) is 0. The fourth-order valence-corrected chi connectivity index (χ4v) is 9.56. The van der Waals surface area contributed by atoms with Crippen LogP contribution in [0.5, 0.6) is 0 Å². The van der Waals surface area contributed by atoms with Crippen LogP contribution in [0.15, 0.2) is 194 Å². The van der Waals surface area contributed by atoms with Crippen LogP contribution in [0, 0.1) is 6.92 Å². The fraction of sp³-hybridized carbons (Fsp3) is 0.0943. The lowest BCUT2D eigenvalue weighted by Crippen LogP contribution is -2.29. The first-order valence-corrected chi connectivity index (χ1v) is 19.0. The topological polar surface area (TPSA) is 3.24 Å². The van der Waals surface area contributed by atoms with Crippen LogP contribution < -0.4 is 4.90 Å². The lowest BCUT2D eigenvalue weighted by Gasteiger charge is -2.35. The molecule has 258 valence electrons. The Morgan fingerprint density at radius 3 is 1.41 bits per heavy atom. The van der Waals surface area contributed by atoms with Crippen LogP contribution in [-0.2, 0) is 10.8 Å². The minimum atomic E-state index is -0.442. The summed E-state index contributed by atoms with van der Waals surface area (Å²) in [6.07, 6.45) is 0. The van der Waals surface area contributed by atoms with Crippen LogP contribution in [0.4, 0.5) is 17.1 Å². The van der Waals surface area contributed by atoms with Crippen molar-refractivity contribution in [3.05, 3.63) is 233 Å². The van der Waals surface area contributed by atoms with E-state index >= 15 is 0 Å². The van der Waals surface area contributed by atoms with Gasteiger partial charge < -0.3 is 4.90 Å². The van der Waals surface area contributed by atoms with Crippen molar-refractivity contribution in [2.75, 3.05) is 4.90 Å². The molecule has 1 heteroatoms. The highest BCUT2D eigenvalue weighted by Gasteiger charge is 2.46. The van der Waals surface area contributed by atoms with E-state index in [1.54, 1.807) is 0 Å². The lowest BCUT2D eigenvalue weighted by molar-refractivity contribution is 0.660. The van der Waals surface area contributed by atoms with Crippen molar-refractivity contribution in [2.24, 2.45) is 0 Å². The summed E-state index contributed by atoms with van der Waals surface area (Å²) < 4.78 is 0. The van der Waals surface area contributed by atoms with E-state index in [-0.39, 0.29) is 5.41 Å². The third-order valence-corrected chi connectivity index (χ3v) is 12.1. The Hall–Kier alpha value is -6.44. The van der Waals surface area contributed by atoms with E-state index < -0.39 is 5.41 Å². The van der Waals surface area contributed by atoms with E-state index in [1.807, 2.05) is 0 Å². The maximum Gasteiger partial charge on any atom is 0.0716 e. The van der Waals surface area contributed by atoms with Crippen LogP contribution in [0.25, 0.3) is 33.4 Å². The van der Waals surface area contributed by atoms with Crippen molar-refractivity contribution in [3.8, 4) is 33.4 Å². The highest BCUT2D eigenvalue weighted by Crippen LogP contribution is 2.57. The van der Waals surface area contributed by atoms with E-state index in [0.717, 1.165) is 17.1 Å². The van der Waals surface area contributed by atoms with Gasteiger partial charge in [0.25, 0.3) is 0 Å². The van der Waals surface area contributed by atoms with Crippen LogP contribution >= 0.6 is 0 Å². The van der Waals surface area contributed by atoms with Crippen molar-refractivity contribution in [2.45, 2.75) is 31.6 Å². The van der Waals surface area contributed by atoms with Gasteiger partial charge >= 0.3 is 0 Å². The van der Waals surface area contributed by atoms with Crippen LogP contribution in [-0.4, -0.2) is 0 Å². The van der Waals surface area contributed by atoms with Crippen molar-refractivity contribution < 1.29 is 0 Å². The first-order valence-electron chi connectivity index (χ1n) is 19.0. The molecule has 0 N–H and O–H groups in total. The molecule has 0 heterocycles. The number of benzene rings is 8. The van der Waals surface area contributed by atoms with Crippen molar-refractivity contribution in [1.82, 2.24) is 0 Å². The van der Waals surface area contributed by atoms with E-state index in [2.05, 4.69) is 220 Å². The fourth-order valence-electron chi connectivity index (χ4n) is 9.56. The maximum absolute atomic E-state index is 2.43. The molecular weight excluding hydrogens is 651 g/mol. The van der Waals surface area contributed by atoms with Gasteiger partial charge in [-0.15, -0.1) is 0 Å².